The molecule has 1 aromatic heterocycles. The minimum atomic E-state index is -3.83. The second kappa shape index (κ2) is 4.24. The van der Waals surface area contributed by atoms with Crippen LogP contribution in [0.15, 0.2) is 9.63 Å². The van der Waals surface area contributed by atoms with E-state index in [1.807, 2.05) is 4.72 Å². The first-order chi connectivity index (χ1) is 6.84. The number of rotatable bonds is 4. The maximum atomic E-state index is 11.6. The molecule has 0 aliphatic heterocycles. The Kier molecular flexibility index (Phi) is 3.42. The minimum absolute atomic E-state index is 0.0713. The van der Waals surface area contributed by atoms with Crippen LogP contribution in [0.5, 0.6) is 0 Å². The van der Waals surface area contributed by atoms with Crippen LogP contribution in [0.25, 0.3) is 0 Å². The number of primary amides is 1. The summed E-state index contributed by atoms with van der Waals surface area (Å²) in [4.78, 5) is 10.4. The van der Waals surface area contributed by atoms with Crippen LogP contribution in [0.3, 0.4) is 0 Å². The van der Waals surface area contributed by atoms with E-state index in [2.05, 4.69) is 26.2 Å². The standard InChI is InChI=1S/C5H8BrN5O3S/c1-11-5(4(6)9-10-11)15(13,14)8-2-3(7)12/h8H,2H2,1H3,(H2,7,12). The fraction of sp³-hybridized carbons (Fsp3) is 0.400. The predicted molar refractivity (Wildman–Crippen MR) is 53.1 cm³/mol. The molecule has 0 atom stereocenters. The van der Waals surface area contributed by atoms with Gasteiger partial charge in [0.25, 0.3) is 10.0 Å². The summed E-state index contributed by atoms with van der Waals surface area (Å²) in [7, 11) is -2.42. The molecule has 3 N–H and O–H groups in total. The molecular formula is C5H8BrN5O3S. The van der Waals surface area contributed by atoms with Gasteiger partial charge in [-0.25, -0.2) is 17.8 Å². The first-order valence-electron chi connectivity index (χ1n) is 3.67. The zero-order chi connectivity index (χ0) is 11.6. The Bertz CT molecular complexity index is 461. The van der Waals surface area contributed by atoms with Gasteiger partial charge in [-0.3, -0.25) is 4.79 Å². The second-order valence-corrected chi connectivity index (χ2v) is 5.03. The number of aromatic nitrogens is 3. The van der Waals surface area contributed by atoms with Gasteiger partial charge in [0.05, 0.1) is 6.54 Å². The molecule has 84 valence electrons. The highest BCUT2D eigenvalue weighted by Gasteiger charge is 2.23. The monoisotopic (exact) mass is 297 g/mol. The van der Waals surface area contributed by atoms with Gasteiger partial charge in [0.1, 0.15) is 0 Å². The number of nitrogens with two attached hydrogens (primary N) is 1. The van der Waals surface area contributed by atoms with Gasteiger partial charge < -0.3 is 5.73 Å². The molecule has 1 rings (SSSR count). The summed E-state index contributed by atoms with van der Waals surface area (Å²) in [5, 5.41) is 6.83. The summed E-state index contributed by atoms with van der Waals surface area (Å²) < 4.78 is 26.3. The molecule has 0 aliphatic carbocycles. The van der Waals surface area contributed by atoms with E-state index in [-0.39, 0.29) is 9.63 Å². The lowest BCUT2D eigenvalue weighted by atomic mass is 10.7. The number of aryl methyl sites for hydroxylation is 1. The minimum Gasteiger partial charge on any atom is -0.369 e. The molecule has 0 unspecified atom stereocenters. The van der Waals surface area contributed by atoms with Crippen LogP contribution in [0, 0.1) is 0 Å². The normalized spacial score (nSPS) is 11.6. The van der Waals surface area contributed by atoms with Gasteiger partial charge in [-0.05, 0) is 15.9 Å². The Morgan fingerprint density at radius 1 is 1.67 bits per heavy atom. The van der Waals surface area contributed by atoms with Crippen molar-refractivity contribution in [1.29, 1.82) is 0 Å². The number of halogens is 1. The summed E-state index contributed by atoms with van der Waals surface area (Å²) in [5.41, 5.74) is 4.81. The summed E-state index contributed by atoms with van der Waals surface area (Å²) in [5.74, 6) is -0.773. The molecule has 15 heavy (non-hydrogen) atoms. The highest BCUT2D eigenvalue weighted by atomic mass is 79.9. The smallest absolute Gasteiger partial charge is 0.261 e. The molecule has 1 aromatic rings. The summed E-state index contributed by atoms with van der Waals surface area (Å²) in [6, 6.07) is 0. The molecule has 0 spiro atoms. The zero-order valence-electron chi connectivity index (χ0n) is 7.64. The lowest BCUT2D eigenvalue weighted by Gasteiger charge is -2.04. The molecular weight excluding hydrogens is 290 g/mol. The summed E-state index contributed by atoms with van der Waals surface area (Å²) in [6.07, 6.45) is 0. The van der Waals surface area contributed by atoms with Crippen molar-refractivity contribution in [2.45, 2.75) is 5.03 Å². The van der Waals surface area contributed by atoms with Crippen LogP contribution in [0.4, 0.5) is 0 Å². The molecule has 0 bridgehead atoms. The molecule has 1 amide bonds. The van der Waals surface area contributed by atoms with Crippen LogP contribution in [-0.2, 0) is 21.9 Å². The quantitative estimate of drug-likeness (QED) is 0.689. The van der Waals surface area contributed by atoms with Crippen molar-refractivity contribution in [3.63, 3.8) is 0 Å². The van der Waals surface area contributed by atoms with Gasteiger partial charge in [-0.15, -0.1) is 5.10 Å². The van der Waals surface area contributed by atoms with E-state index in [1.165, 1.54) is 7.05 Å². The van der Waals surface area contributed by atoms with E-state index in [0.717, 1.165) is 4.68 Å². The van der Waals surface area contributed by atoms with Crippen molar-refractivity contribution < 1.29 is 13.2 Å². The van der Waals surface area contributed by atoms with E-state index >= 15 is 0 Å². The first-order valence-corrected chi connectivity index (χ1v) is 5.95. The first kappa shape index (κ1) is 12.1. The number of hydrogen-bond donors (Lipinski definition) is 2. The van der Waals surface area contributed by atoms with E-state index < -0.39 is 22.5 Å². The maximum Gasteiger partial charge on any atom is 0.261 e. The Labute approximate surface area is 94.0 Å². The molecule has 0 aliphatic rings. The fourth-order valence-corrected chi connectivity index (χ4v) is 2.93. The van der Waals surface area contributed by atoms with Crippen LogP contribution in [0.1, 0.15) is 0 Å². The van der Waals surface area contributed by atoms with Crippen molar-refractivity contribution in [3.05, 3.63) is 4.60 Å². The molecule has 10 heteroatoms. The number of hydrogen-bond acceptors (Lipinski definition) is 5. The third-order valence-electron chi connectivity index (χ3n) is 1.43. The average Bonchev–Trinajstić information content (AvgIpc) is 2.43. The third kappa shape index (κ3) is 2.73. The van der Waals surface area contributed by atoms with E-state index in [0.29, 0.717) is 0 Å². The van der Waals surface area contributed by atoms with Crippen LogP contribution < -0.4 is 10.5 Å². The number of nitrogens with one attached hydrogen (secondary N) is 1. The second-order valence-electron chi connectivity index (χ2n) is 2.60. The number of sulfonamides is 1. The van der Waals surface area contributed by atoms with Gasteiger partial charge in [0, 0.05) is 7.05 Å². The molecule has 0 saturated heterocycles. The Morgan fingerprint density at radius 2 is 2.27 bits per heavy atom. The number of amides is 1. The average molecular weight is 298 g/mol. The highest BCUT2D eigenvalue weighted by Crippen LogP contribution is 2.16. The molecule has 8 nitrogen and oxygen atoms in total. The van der Waals surface area contributed by atoms with E-state index in [9.17, 15) is 13.2 Å². The molecule has 1 heterocycles. The Morgan fingerprint density at radius 3 is 2.67 bits per heavy atom. The third-order valence-corrected chi connectivity index (χ3v) is 3.72. The van der Waals surface area contributed by atoms with Crippen molar-refractivity contribution >= 4 is 31.9 Å². The van der Waals surface area contributed by atoms with Gasteiger partial charge in [0.15, 0.2) is 4.60 Å². The van der Waals surface area contributed by atoms with Gasteiger partial charge in [-0.2, -0.15) is 0 Å². The van der Waals surface area contributed by atoms with Gasteiger partial charge in [0.2, 0.25) is 10.9 Å². The lowest BCUT2D eigenvalue weighted by molar-refractivity contribution is -0.116. The van der Waals surface area contributed by atoms with E-state index in [4.69, 9.17) is 5.73 Å². The predicted octanol–water partition coefficient (Wildman–Crippen LogP) is -1.66. The SMILES string of the molecule is Cn1nnc(Br)c1S(=O)(=O)NCC(N)=O. The summed E-state index contributed by atoms with van der Waals surface area (Å²) in [6.45, 7) is -0.472. The van der Waals surface area contributed by atoms with Crippen molar-refractivity contribution in [2.75, 3.05) is 6.54 Å². The van der Waals surface area contributed by atoms with Gasteiger partial charge >= 0.3 is 0 Å². The topological polar surface area (TPSA) is 120 Å². The molecule has 0 fully saturated rings. The fourth-order valence-electron chi connectivity index (χ4n) is 0.843. The zero-order valence-corrected chi connectivity index (χ0v) is 10.0. The van der Waals surface area contributed by atoms with E-state index in [1.54, 1.807) is 0 Å². The lowest BCUT2D eigenvalue weighted by Crippen LogP contribution is -2.34. The largest absolute Gasteiger partial charge is 0.369 e. The van der Waals surface area contributed by atoms with Crippen LogP contribution >= 0.6 is 15.9 Å². The Balaban J connectivity index is 3.01. The molecule has 0 saturated carbocycles. The highest BCUT2D eigenvalue weighted by molar-refractivity contribution is 9.10. The van der Waals surface area contributed by atoms with Crippen LogP contribution in [-0.4, -0.2) is 35.9 Å². The van der Waals surface area contributed by atoms with Gasteiger partial charge in [-0.1, -0.05) is 5.21 Å². The maximum absolute atomic E-state index is 11.6. The molecule has 0 aromatic carbocycles. The number of carbonyl (C=O) groups is 1. The summed E-state index contributed by atoms with van der Waals surface area (Å²) >= 11 is 2.93. The Hall–Kier alpha value is -1.00. The van der Waals surface area contributed by atoms with Crippen LogP contribution in [0.2, 0.25) is 0 Å². The molecule has 0 radical (unpaired) electrons. The number of nitrogens with zero attached hydrogens (tertiary/aromatic N) is 3. The van der Waals surface area contributed by atoms with Crippen molar-refractivity contribution in [3.8, 4) is 0 Å². The number of carbonyl (C=O) groups excluding carboxylic acids is 1. The van der Waals surface area contributed by atoms with Crippen molar-refractivity contribution in [2.24, 2.45) is 12.8 Å². The van der Waals surface area contributed by atoms with Crippen molar-refractivity contribution in [1.82, 2.24) is 19.7 Å².